The van der Waals surface area contributed by atoms with E-state index in [9.17, 15) is 0 Å². The molecule has 0 atom stereocenters. The van der Waals surface area contributed by atoms with Crippen LogP contribution in [0.4, 0.5) is 5.69 Å². The molecule has 5 nitrogen and oxygen atoms in total. The van der Waals surface area contributed by atoms with Gasteiger partial charge in [0.15, 0.2) is 0 Å². The van der Waals surface area contributed by atoms with Crippen LogP contribution in [0.5, 0.6) is 0 Å². The van der Waals surface area contributed by atoms with Crippen LogP contribution in [0.25, 0.3) is 17.2 Å². The largest absolute Gasteiger partial charge is 0.396 e. The van der Waals surface area contributed by atoms with E-state index >= 15 is 0 Å². The maximum atomic E-state index is 6.23. The third-order valence-corrected chi connectivity index (χ3v) is 3.49. The summed E-state index contributed by atoms with van der Waals surface area (Å²) in [4.78, 5) is 8.25. The predicted molar refractivity (Wildman–Crippen MR) is 81.7 cm³/mol. The molecule has 100 valence electrons. The Bertz CT molecular complexity index is 757. The number of nitrogens with two attached hydrogens (primary N) is 1. The quantitative estimate of drug-likeness (QED) is 0.769. The number of hydrogen-bond acceptors (Lipinski definition) is 4. The van der Waals surface area contributed by atoms with Gasteiger partial charge in [-0.25, -0.2) is 14.6 Å². The molecule has 0 bridgehead atoms. The van der Waals surface area contributed by atoms with Gasteiger partial charge in [0, 0.05) is 22.4 Å². The Morgan fingerprint density at radius 3 is 2.65 bits per heavy atom. The van der Waals surface area contributed by atoms with Crippen LogP contribution in [0.1, 0.15) is 0 Å². The molecule has 0 fully saturated rings. The highest BCUT2D eigenvalue weighted by Crippen LogP contribution is 2.32. The summed E-state index contributed by atoms with van der Waals surface area (Å²) in [6.45, 7) is 0. The summed E-state index contributed by atoms with van der Waals surface area (Å²) in [5, 5.41) is 4.98. The maximum Gasteiger partial charge on any atom is 0.250 e. The van der Waals surface area contributed by atoms with Gasteiger partial charge in [0.05, 0.1) is 16.9 Å². The lowest BCUT2D eigenvalue weighted by molar-refractivity contribution is 0.811. The van der Waals surface area contributed by atoms with Gasteiger partial charge in [-0.15, -0.1) is 0 Å². The van der Waals surface area contributed by atoms with E-state index in [4.69, 9.17) is 17.3 Å². The molecule has 0 spiro atoms. The van der Waals surface area contributed by atoms with E-state index in [2.05, 4.69) is 31.0 Å². The van der Waals surface area contributed by atoms with Crippen LogP contribution >= 0.6 is 27.5 Å². The zero-order chi connectivity index (χ0) is 14.1. The highest BCUT2D eigenvalue weighted by atomic mass is 79.9. The normalized spacial score (nSPS) is 10.7. The number of nitrogen functional groups attached to an aromatic ring is 1. The lowest BCUT2D eigenvalue weighted by Crippen LogP contribution is -2.00. The zero-order valence-corrected chi connectivity index (χ0v) is 12.5. The summed E-state index contributed by atoms with van der Waals surface area (Å²) in [5.41, 5.74) is 7.90. The molecule has 0 aliphatic carbocycles. The standard InChI is InChI=1S/C13H9BrClN5/c14-8-2-3-9(10(15)6-8)12-11(16)7-20(19-12)13-17-4-1-5-18-13/h1-7H,16H2. The van der Waals surface area contributed by atoms with E-state index in [0.717, 1.165) is 10.0 Å². The molecule has 0 radical (unpaired) electrons. The lowest BCUT2D eigenvalue weighted by atomic mass is 10.1. The average molecular weight is 351 g/mol. The average Bonchev–Trinajstić information content (AvgIpc) is 2.82. The molecule has 0 aliphatic rings. The third-order valence-electron chi connectivity index (χ3n) is 2.69. The van der Waals surface area contributed by atoms with Crippen molar-refractivity contribution in [1.82, 2.24) is 19.7 Å². The molecule has 2 heterocycles. The fraction of sp³-hybridized carbons (Fsp3) is 0. The van der Waals surface area contributed by atoms with E-state index in [1.807, 2.05) is 12.1 Å². The lowest BCUT2D eigenvalue weighted by Gasteiger charge is -2.02. The van der Waals surface area contributed by atoms with Crippen molar-refractivity contribution in [2.24, 2.45) is 0 Å². The van der Waals surface area contributed by atoms with Gasteiger partial charge >= 0.3 is 0 Å². The van der Waals surface area contributed by atoms with Gasteiger partial charge in [-0.2, -0.15) is 5.10 Å². The van der Waals surface area contributed by atoms with Crippen molar-refractivity contribution in [3.05, 3.63) is 52.4 Å². The van der Waals surface area contributed by atoms with Crippen LogP contribution in [0.2, 0.25) is 5.02 Å². The molecule has 0 saturated carbocycles. The molecule has 0 saturated heterocycles. The summed E-state index contributed by atoms with van der Waals surface area (Å²) < 4.78 is 2.43. The fourth-order valence-electron chi connectivity index (χ4n) is 1.79. The first-order valence-corrected chi connectivity index (χ1v) is 6.90. The predicted octanol–water partition coefficient (Wildman–Crippen LogP) is 3.33. The highest BCUT2D eigenvalue weighted by Gasteiger charge is 2.13. The maximum absolute atomic E-state index is 6.23. The Hall–Kier alpha value is -1.92. The second kappa shape index (κ2) is 5.22. The van der Waals surface area contributed by atoms with Crippen molar-refractivity contribution in [3.8, 4) is 17.2 Å². The van der Waals surface area contributed by atoms with Crippen molar-refractivity contribution in [2.45, 2.75) is 0 Å². The van der Waals surface area contributed by atoms with Gasteiger partial charge in [0.25, 0.3) is 5.95 Å². The molecule has 0 aliphatic heterocycles. The van der Waals surface area contributed by atoms with E-state index in [0.29, 0.717) is 22.4 Å². The van der Waals surface area contributed by atoms with Crippen LogP contribution in [0.15, 0.2) is 47.3 Å². The Morgan fingerprint density at radius 2 is 1.95 bits per heavy atom. The van der Waals surface area contributed by atoms with Gasteiger partial charge < -0.3 is 5.73 Å². The summed E-state index contributed by atoms with van der Waals surface area (Å²) in [6.07, 6.45) is 4.96. The SMILES string of the molecule is Nc1cn(-c2ncccn2)nc1-c1ccc(Br)cc1Cl. The fourth-order valence-corrected chi connectivity index (χ4v) is 2.55. The molecule has 3 aromatic rings. The number of halogens is 2. The first-order valence-electron chi connectivity index (χ1n) is 5.73. The van der Waals surface area contributed by atoms with Gasteiger partial charge in [-0.1, -0.05) is 33.6 Å². The summed E-state index contributed by atoms with van der Waals surface area (Å²) in [7, 11) is 0. The topological polar surface area (TPSA) is 69.6 Å². The van der Waals surface area contributed by atoms with Gasteiger partial charge in [0.2, 0.25) is 0 Å². The van der Waals surface area contributed by atoms with Crippen LogP contribution < -0.4 is 5.73 Å². The minimum atomic E-state index is 0.457. The minimum Gasteiger partial charge on any atom is -0.396 e. The molecule has 0 amide bonds. The Balaban J connectivity index is 2.10. The van der Waals surface area contributed by atoms with E-state index < -0.39 is 0 Å². The molecule has 0 unspecified atom stereocenters. The number of benzene rings is 1. The molecular formula is C13H9BrClN5. The first-order chi connectivity index (χ1) is 9.65. The molecule has 20 heavy (non-hydrogen) atoms. The Morgan fingerprint density at radius 1 is 1.20 bits per heavy atom. The number of rotatable bonds is 2. The van der Waals surface area contributed by atoms with Crippen molar-refractivity contribution in [3.63, 3.8) is 0 Å². The first kappa shape index (κ1) is 13.1. The number of aromatic nitrogens is 4. The number of nitrogens with zero attached hydrogens (tertiary/aromatic N) is 4. The van der Waals surface area contributed by atoms with Crippen molar-refractivity contribution in [1.29, 1.82) is 0 Å². The molecular weight excluding hydrogens is 342 g/mol. The molecule has 7 heteroatoms. The van der Waals surface area contributed by atoms with E-state index in [1.165, 1.54) is 4.68 Å². The second-order valence-corrected chi connectivity index (χ2v) is 5.37. The molecule has 3 rings (SSSR count). The molecule has 2 N–H and O–H groups in total. The number of anilines is 1. The van der Waals surface area contributed by atoms with Crippen LogP contribution in [-0.4, -0.2) is 19.7 Å². The Labute approximate surface area is 128 Å². The third kappa shape index (κ3) is 2.39. The van der Waals surface area contributed by atoms with Gasteiger partial charge in [0.1, 0.15) is 5.69 Å². The van der Waals surface area contributed by atoms with E-state index in [-0.39, 0.29) is 0 Å². The van der Waals surface area contributed by atoms with Gasteiger partial charge in [-0.3, -0.25) is 0 Å². The smallest absolute Gasteiger partial charge is 0.250 e. The molecule has 2 aromatic heterocycles. The highest BCUT2D eigenvalue weighted by molar-refractivity contribution is 9.10. The summed E-state index contributed by atoms with van der Waals surface area (Å²) >= 11 is 9.59. The van der Waals surface area contributed by atoms with Crippen molar-refractivity contribution >= 4 is 33.2 Å². The van der Waals surface area contributed by atoms with E-state index in [1.54, 1.807) is 30.7 Å². The van der Waals surface area contributed by atoms with Crippen molar-refractivity contribution < 1.29 is 0 Å². The van der Waals surface area contributed by atoms with Gasteiger partial charge in [-0.05, 0) is 18.2 Å². The molecule has 1 aromatic carbocycles. The number of hydrogen-bond donors (Lipinski definition) is 1. The second-order valence-electron chi connectivity index (χ2n) is 4.05. The zero-order valence-electron chi connectivity index (χ0n) is 10.2. The minimum absolute atomic E-state index is 0.457. The summed E-state index contributed by atoms with van der Waals surface area (Å²) in [6, 6.07) is 7.29. The van der Waals surface area contributed by atoms with Crippen molar-refractivity contribution in [2.75, 3.05) is 5.73 Å². The van der Waals surface area contributed by atoms with Crippen LogP contribution in [0, 0.1) is 0 Å². The summed E-state index contributed by atoms with van der Waals surface area (Å²) in [5.74, 6) is 0.457. The van der Waals surface area contributed by atoms with Crippen LogP contribution in [0.3, 0.4) is 0 Å². The monoisotopic (exact) mass is 349 g/mol. The van der Waals surface area contributed by atoms with Crippen LogP contribution in [-0.2, 0) is 0 Å². The Kier molecular flexibility index (Phi) is 3.42.